The maximum Gasteiger partial charge on any atom is 0.253 e. The molecule has 1 fully saturated rings. The molecule has 0 spiro atoms. The highest BCUT2D eigenvalue weighted by Crippen LogP contribution is 2.27. The molecule has 4 rings (SSSR count). The zero-order chi connectivity index (χ0) is 20.9. The lowest BCUT2D eigenvalue weighted by Gasteiger charge is -2.15. The van der Waals surface area contributed by atoms with Crippen molar-refractivity contribution in [1.29, 1.82) is 0 Å². The number of nitrogens with one attached hydrogen (secondary N) is 1. The van der Waals surface area contributed by atoms with Crippen LogP contribution >= 0.6 is 0 Å². The third-order valence-electron chi connectivity index (χ3n) is 5.23. The molecule has 3 aromatic rings. The maximum absolute atomic E-state index is 12.4. The molecule has 0 unspecified atom stereocenters. The summed E-state index contributed by atoms with van der Waals surface area (Å²) in [5.41, 5.74) is 7.02. The Morgan fingerprint density at radius 1 is 1.00 bits per heavy atom. The largest absolute Gasteiger partial charge is 0.491 e. The zero-order valence-electron chi connectivity index (χ0n) is 16.6. The van der Waals surface area contributed by atoms with Crippen LogP contribution in [0.3, 0.4) is 0 Å². The number of carbonyl (C=O) groups is 2. The number of carbonyl (C=O) groups excluding carboxylic acids is 2. The Hall–Kier alpha value is -3.61. The summed E-state index contributed by atoms with van der Waals surface area (Å²) in [5, 5.41) is 4.56. The SMILES string of the molecule is Nc1nccc2c(OCCNC(=O)c3ccc(C(=O)N4CCCC4)cc3)cccc12. The number of nitrogen functional groups attached to an aromatic ring is 1. The molecule has 30 heavy (non-hydrogen) atoms. The number of fused-ring (bicyclic) bond motifs is 1. The fourth-order valence-electron chi connectivity index (χ4n) is 3.62. The lowest BCUT2D eigenvalue weighted by Crippen LogP contribution is -2.29. The Labute approximate surface area is 174 Å². The number of rotatable bonds is 6. The van der Waals surface area contributed by atoms with Gasteiger partial charge in [-0.1, -0.05) is 12.1 Å². The number of amides is 2. The van der Waals surface area contributed by atoms with E-state index in [4.69, 9.17) is 10.5 Å². The maximum atomic E-state index is 12.4. The van der Waals surface area contributed by atoms with Crippen molar-refractivity contribution in [3.63, 3.8) is 0 Å². The molecule has 0 saturated carbocycles. The lowest BCUT2D eigenvalue weighted by molar-refractivity contribution is 0.0792. The van der Waals surface area contributed by atoms with E-state index in [0.29, 0.717) is 35.8 Å². The predicted molar refractivity (Wildman–Crippen MR) is 116 cm³/mol. The summed E-state index contributed by atoms with van der Waals surface area (Å²) in [4.78, 5) is 30.7. The van der Waals surface area contributed by atoms with Crippen molar-refractivity contribution in [2.24, 2.45) is 0 Å². The number of nitrogens with zero attached hydrogens (tertiary/aromatic N) is 2. The van der Waals surface area contributed by atoms with Crippen molar-refractivity contribution in [3.8, 4) is 5.75 Å². The summed E-state index contributed by atoms with van der Waals surface area (Å²) < 4.78 is 5.82. The van der Waals surface area contributed by atoms with E-state index in [1.54, 1.807) is 30.5 Å². The van der Waals surface area contributed by atoms with Gasteiger partial charge in [0.05, 0.1) is 6.54 Å². The fourth-order valence-corrected chi connectivity index (χ4v) is 3.62. The van der Waals surface area contributed by atoms with Gasteiger partial charge in [0.1, 0.15) is 18.2 Å². The molecule has 7 heteroatoms. The summed E-state index contributed by atoms with van der Waals surface area (Å²) in [6.45, 7) is 2.28. The zero-order valence-corrected chi connectivity index (χ0v) is 16.6. The smallest absolute Gasteiger partial charge is 0.253 e. The van der Waals surface area contributed by atoms with E-state index < -0.39 is 0 Å². The first-order valence-corrected chi connectivity index (χ1v) is 10.1. The molecular weight excluding hydrogens is 380 g/mol. The molecule has 3 N–H and O–H groups in total. The molecule has 1 aliphatic heterocycles. The minimum absolute atomic E-state index is 0.0267. The van der Waals surface area contributed by atoms with Crippen LogP contribution < -0.4 is 15.8 Å². The molecule has 0 atom stereocenters. The number of hydrogen-bond donors (Lipinski definition) is 2. The van der Waals surface area contributed by atoms with Gasteiger partial charge in [0, 0.05) is 41.2 Å². The Kier molecular flexibility index (Phi) is 5.79. The fraction of sp³-hybridized carbons (Fsp3) is 0.261. The molecule has 154 valence electrons. The van der Waals surface area contributed by atoms with Gasteiger partial charge >= 0.3 is 0 Å². The molecule has 0 bridgehead atoms. The van der Waals surface area contributed by atoms with E-state index in [1.165, 1.54) is 0 Å². The molecule has 7 nitrogen and oxygen atoms in total. The highest BCUT2D eigenvalue weighted by molar-refractivity contribution is 5.98. The van der Waals surface area contributed by atoms with Gasteiger partial charge < -0.3 is 20.7 Å². The van der Waals surface area contributed by atoms with Crippen LogP contribution in [0, 0.1) is 0 Å². The molecule has 2 amide bonds. The van der Waals surface area contributed by atoms with Crippen LogP contribution in [-0.2, 0) is 0 Å². The van der Waals surface area contributed by atoms with Crippen LogP contribution in [-0.4, -0.2) is 47.9 Å². The van der Waals surface area contributed by atoms with Gasteiger partial charge in [0.25, 0.3) is 11.8 Å². The van der Waals surface area contributed by atoms with E-state index in [2.05, 4.69) is 10.3 Å². The second-order valence-electron chi connectivity index (χ2n) is 7.23. The average molecular weight is 404 g/mol. The summed E-state index contributed by atoms with van der Waals surface area (Å²) in [7, 11) is 0. The van der Waals surface area contributed by atoms with Crippen LogP contribution in [0.4, 0.5) is 5.82 Å². The minimum atomic E-state index is -0.204. The molecule has 1 aromatic heterocycles. The minimum Gasteiger partial charge on any atom is -0.491 e. The van der Waals surface area contributed by atoms with Gasteiger partial charge in [-0.2, -0.15) is 0 Å². The Balaban J connectivity index is 1.30. The van der Waals surface area contributed by atoms with Crippen molar-refractivity contribution < 1.29 is 14.3 Å². The van der Waals surface area contributed by atoms with Gasteiger partial charge in [0.15, 0.2) is 0 Å². The van der Waals surface area contributed by atoms with Crippen LogP contribution in [0.5, 0.6) is 5.75 Å². The first kappa shape index (κ1) is 19.7. The van der Waals surface area contributed by atoms with E-state index in [0.717, 1.165) is 36.7 Å². The predicted octanol–water partition coefficient (Wildman–Crippen LogP) is 2.86. The van der Waals surface area contributed by atoms with Gasteiger partial charge in [0.2, 0.25) is 0 Å². The van der Waals surface area contributed by atoms with Gasteiger partial charge in [-0.3, -0.25) is 9.59 Å². The summed E-state index contributed by atoms with van der Waals surface area (Å²) in [5.74, 6) is 0.974. The number of nitrogens with two attached hydrogens (primary N) is 1. The van der Waals surface area contributed by atoms with Crippen LogP contribution in [0.25, 0.3) is 10.8 Å². The average Bonchev–Trinajstić information content (AvgIpc) is 3.32. The Morgan fingerprint density at radius 3 is 2.50 bits per heavy atom. The summed E-state index contributed by atoms with van der Waals surface area (Å²) in [6, 6.07) is 14.2. The number of ether oxygens (including phenoxy) is 1. The van der Waals surface area contributed by atoms with Gasteiger partial charge in [-0.05, 0) is 49.2 Å². The second kappa shape index (κ2) is 8.82. The second-order valence-corrected chi connectivity index (χ2v) is 7.23. The van der Waals surface area contributed by atoms with Crippen molar-refractivity contribution >= 4 is 28.4 Å². The number of pyridine rings is 1. The number of likely N-dealkylation sites (tertiary alicyclic amines) is 1. The quantitative estimate of drug-likeness (QED) is 0.616. The van der Waals surface area contributed by atoms with E-state index in [1.807, 2.05) is 29.2 Å². The molecule has 0 aliphatic carbocycles. The normalized spacial score (nSPS) is 13.4. The van der Waals surface area contributed by atoms with Crippen molar-refractivity contribution in [2.45, 2.75) is 12.8 Å². The topological polar surface area (TPSA) is 97.5 Å². The third-order valence-corrected chi connectivity index (χ3v) is 5.23. The van der Waals surface area contributed by atoms with Crippen LogP contribution in [0.2, 0.25) is 0 Å². The first-order chi connectivity index (χ1) is 14.6. The summed E-state index contributed by atoms with van der Waals surface area (Å²) >= 11 is 0. The molecule has 2 aromatic carbocycles. The van der Waals surface area contributed by atoms with Crippen molar-refractivity contribution in [1.82, 2.24) is 15.2 Å². The van der Waals surface area contributed by atoms with E-state index in [-0.39, 0.29) is 11.8 Å². The van der Waals surface area contributed by atoms with Gasteiger partial charge in [-0.25, -0.2) is 4.98 Å². The number of benzene rings is 2. The van der Waals surface area contributed by atoms with E-state index >= 15 is 0 Å². The Bertz CT molecular complexity index is 1060. The molecule has 1 saturated heterocycles. The third kappa shape index (κ3) is 4.20. The monoisotopic (exact) mass is 404 g/mol. The Morgan fingerprint density at radius 2 is 1.73 bits per heavy atom. The number of aromatic nitrogens is 1. The molecule has 2 heterocycles. The van der Waals surface area contributed by atoms with E-state index in [9.17, 15) is 9.59 Å². The van der Waals surface area contributed by atoms with Crippen molar-refractivity contribution in [2.75, 3.05) is 32.0 Å². The number of anilines is 1. The summed E-state index contributed by atoms with van der Waals surface area (Å²) in [6.07, 6.45) is 3.75. The first-order valence-electron chi connectivity index (χ1n) is 10.1. The van der Waals surface area contributed by atoms with Crippen molar-refractivity contribution in [3.05, 3.63) is 65.9 Å². The van der Waals surface area contributed by atoms with Crippen LogP contribution in [0.15, 0.2) is 54.7 Å². The highest BCUT2D eigenvalue weighted by Gasteiger charge is 2.19. The highest BCUT2D eigenvalue weighted by atomic mass is 16.5. The standard InChI is InChI=1S/C23H24N4O3/c24-21-19-4-3-5-20(18(19)10-11-25-21)30-15-12-26-22(28)16-6-8-17(9-7-16)23(29)27-13-1-2-14-27/h3-11H,1-2,12-15H2,(H2,24,25)(H,26,28). The van der Waals surface area contributed by atoms with Gasteiger partial charge in [-0.15, -0.1) is 0 Å². The molecule has 0 radical (unpaired) electrons. The molecule has 1 aliphatic rings. The molecular formula is C23H24N4O3. The van der Waals surface area contributed by atoms with Crippen LogP contribution in [0.1, 0.15) is 33.6 Å². The number of hydrogen-bond acceptors (Lipinski definition) is 5. The lowest BCUT2D eigenvalue weighted by atomic mass is 10.1.